The van der Waals surface area contributed by atoms with Gasteiger partial charge in [-0.25, -0.2) is 4.98 Å². The van der Waals surface area contributed by atoms with Crippen LogP contribution in [0.15, 0.2) is 52.4 Å². The lowest BCUT2D eigenvalue weighted by atomic mass is 9.94. The Morgan fingerprint density at radius 2 is 1.81 bits per heavy atom. The second-order valence-corrected chi connectivity index (χ2v) is 7.15. The second-order valence-electron chi connectivity index (χ2n) is 6.09. The minimum absolute atomic E-state index is 0.0105. The predicted octanol–water partition coefficient (Wildman–Crippen LogP) is 5.15. The van der Waals surface area contributed by atoms with Crippen LogP contribution in [0.25, 0.3) is 5.57 Å². The van der Waals surface area contributed by atoms with Crippen LogP contribution in [0.3, 0.4) is 0 Å². The third kappa shape index (κ3) is 2.98. The third-order valence-electron chi connectivity index (χ3n) is 3.59. The molecule has 1 aromatic carbocycles. The first-order chi connectivity index (χ1) is 9.94. The summed E-state index contributed by atoms with van der Waals surface area (Å²) in [5, 5.41) is 4.56. The molecule has 1 aliphatic rings. The van der Waals surface area contributed by atoms with Crippen molar-refractivity contribution in [3.05, 3.63) is 53.7 Å². The van der Waals surface area contributed by atoms with E-state index < -0.39 is 0 Å². The highest BCUT2D eigenvalue weighted by molar-refractivity contribution is 7.99. The predicted molar refractivity (Wildman–Crippen MR) is 90.9 cm³/mol. The number of nitrogens with one attached hydrogen (secondary N) is 1. The number of anilines is 1. The van der Waals surface area contributed by atoms with Crippen molar-refractivity contribution in [1.82, 2.24) is 4.98 Å². The summed E-state index contributed by atoms with van der Waals surface area (Å²) in [4.78, 5) is 6.09. The first-order valence-corrected chi connectivity index (χ1v) is 7.99. The zero-order valence-corrected chi connectivity index (χ0v) is 13.7. The number of rotatable bonds is 2. The molecule has 0 atom stereocenters. The number of nitrogens with zero attached hydrogens (tertiary/aromatic N) is 1. The highest BCUT2D eigenvalue weighted by Gasteiger charge is 2.23. The van der Waals surface area contributed by atoms with E-state index in [9.17, 15) is 0 Å². The fourth-order valence-electron chi connectivity index (χ4n) is 2.68. The molecule has 21 heavy (non-hydrogen) atoms. The highest BCUT2D eigenvalue weighted by Crippen LogP contribution is 2.35. The lowest BCUT2D eigenvalue weighted by Crippen LogP contribution is -2.31. The van der Waals surface area contributed by atoms with E-state index in [1.54, 1.807) is 11.8 Å². The van der Waals surface area contributed by atoms with Crippen LogP contribution in [0.2, 0.25) is 0 Å². The maximum absolute atomic E-state index is 4.83. The van der Waals surface area contributed by atoms with E-state index >= 15 is 0 Å². The fourth-order valence-corrected chi connectivity index (χ4v) is 3.55. The Kier molecular flexibility index (Phi) is 3.54. The Morgan fingerprint density at radius 1 is 1.05 bits per heavy atom. The van der Waals surface area contributed by atoms with Crippen molar-refractivity contribution in [1.29, 1.82) is 0 Å². The maximum Gasteiger partial charge on any atom is 0.102 e. The van der Waals surface area contributed by atoms with Crippen molar-refractivity contribution >= 4 is 23.0 Å². The number of hydrogen-bond acceptors (Lipinski definition) is 3. The van der Waals surface area contributed by atoms with Crippen molar-refractivity contribution < 1.29 is 0 Å². The van der Waals surface area contributed by atoms with E-state index in [0.29, 0.717) is 0 Å². The quantitative estimate of drug-likeness (QED) is 0.829. The van der Waals surface area contributed by atoms with Crippen LogP contribution in [0.1, 0.15) is 32.0 Å². The summed E-state index contributed by atoms with van der Waals surface area (Å²) >= 11 is 1.72. The molecule has 1 N–H and O–H groups in total. The molecule has 0 fully saturated rings. The summed E-state index contributed by atoms with van der Waals surface area (Å²) in [5.41, 5.74) is 4.69. The molecular formula is C18H20N2S. The molecule has 1 aromatic heterocycles. The largest absolute Gasteiger partial charge is 0.375 e. The lowest BCUT2D eigenvalue weighted by Gasteiger charge is -2.30. The third-order valence-corrected chi connectivity index (χ3v) is 4.70. The maximum atomic E-state index is 4.83. The number of allylic oxidation sites excluding steroid dienone is 1. The van der Waals surface area contributed by atoms with Gasteiger partial charge in [0.1, 0.15) is 5.03 Å². The van der Waals surface area contributed by atoms with Gasteiger partial charge in [0.15, 0.2) is 0 Å². The van der Waals surface area contributed by atoms with Crippen LogP contribution in [-0.4, -0.2) is 10.5 Å². The van der Waals surface area contributed by atoms with Crippen LogP contribution in [0.5, 0.6) is 0 Å². The molecule has 0 bridgehead atoms. The molecule has 0 amide bonds. The second kappa shape index (κ2) is 5.23. The average Bonchev–Trinajstić information content (AvgIpc) is 2.41. The van der Waals surface area contributed by atoms with E-state index in [1.807, 2.05) is 0 Å². The molecule has 0 saturated heterocycles. The molecule has 2 heterocycles. The molecule has 2 nitrogen and oxygen atoms in total. The van der Waals surface area contributed by atoms with E-state index in [0.717, 1.165) is 16.4 Å². The molecular weight excluding hydrogens is 276 g/mol. The Balaban J connectivity index is 1.94. The van der Waals surface area contributed by atoms with Gasteiger partial charge < -0.3 is 5.32 Å². The van der Waals surface area contributed by atoms with E-state index in [-0.39, 0.29) is 5.54 Å². The van der Waals surface area contributed by atoms with Gasteiger partial charge in [0, 0.05) is 4.90 Å². The summed E-state index contributed by atoms with van der Waals surface area (Å²) in [6, 6.07) is 12.7. The Hall–Kier alpha value is -1.74. The molecule has 108 valence electrons. The lowest BCUT2D eigenvalue weighted by molar-refractivity contribution is 0.704. The Morgan fingerprint density at radius 3 is 2.57 bits per heavy atom. The summed E-state index contributed by atoms with van der Waals surface area (Å²) in [5.74, 6) is 0. The van der Waals surface area contributed by atoms with Crippen molar-refractivity contribution in [2.45, 2.75) is 43.2 Å². The van der Waals surface area contributed by atoms with Crippen molar-refractivity contribution in [3.8, 4) is 0 Å². The summed E-state index contributed by atoms with van der Waals surface area (Å²) < 4.78 is 0. The molecule has 0 spiro atoms. The normalized spacial score (nSPS) is 15.9. The number of benzene rings is 1. The van der Waals surface area contributed by atoms with Gasteiger partial charge in [-0.1, -0.05) is 36.0 Å². The molecule has 3 heteroatoms. The molecule has 3 rings (SSSR count). The van der Waals surface area contributed by atoms with Gasteiger partial charge in [0.2, 0.25) is 0 Å². The van der Waals surface area contributed by atoms with Gasteiger partial charge >= 0.3 is 0 Å². The van der Waals surface area contributed by atoms with Crippen LogP contribution in [-0.2, 0) is 0 Å². The highest BCUT2D eigenvalue weighted by atomic mass is 32.2. The summed E-state index contributed by atoms with van der Waals surface area (Å²) in [6.07, 6.45) is 2.24. The number of fused-ring (bicyclic) bond motifs is 1. The Labute approximate surface area is 130 Å². The average molecular weight is 296 g/mol. The van der Waals surface area contributed by atoms with Crippen LogP contribution >= 0.6 is 11.8 Å². The monoisotopic (exact) mass is 296 g/mol. The summed E-state index contributed by atoms with van der Waals surface area (Å²) in [6.45, 7) is 8.62. The first-order valence-electron chi connectivity index (χ1n) is 7.17. The smallest absolute Gasteiger partial charge is 0.102 e. The summed E-state index contributed by atoms with van der Waals surface area (Å²) in [7, 11) is 0. The Bertz CT molecular complexity index is 717. The fraction of sp³-hybridized carbons (Fsp3) is 0.278. The van der Waals surface area contributed by atoms with Crippen LogP contribution in [0, 0.1) is 6.92 Å². The van der Waals surface area contributed by atoms with E-state index in [1.165, 1.54) is 16.0 Å². The standard InChI is InChI=1S/C18H20N2S/c1-12-7-5-6-8-15(12)21-16-10-9-14-17(19-16)13(2)11-18(3,4)20-14/h5-11,20H,1-4H3. The van der Waals surface area contributed by atoms with Gasteiger partial charge in [0.25, 0.3) is 0 Å². The number of pyridine rings is 1. The van der Waals surface area contributed by atoms with Crippen molar-refractivity contribution in [3.63, 3.8) is 0 Å². The van der Waals surface area contributed by atoms with Crippen molar-refractivity contribution in [2.75, 3.05) is 5.32 Å². The first kappa shape index (κ1) is 14.2. The van der Waals surface area contributed by atoms with Crippen molar-refractivity contribution in [2.24, 2.45) is 0 Å². The molecule has 0 unspecified atom stereocenters. The molecule has 0 radical (unpaired) electrons. The van der Waals surface area contributed by atoms with Gasteiger partial charge in [-0.3, -0.25) is 0 Å². The van der Waals surface area contributed by atoms with Gasteiger partial charge in [-0.05, 0) is 57.0 Å². The molecule has 1 aliphatic heterocycles. The SMILES string of the molecule is CC1=CC(C)(C)Nc2ccc(Sc3ccccc3C)nc21. The topological polar surface area (TPSA) is 24.9 Å². The van der Waals surface area contributed by atoms with Gasteiger partial charge in [-0.2, -0.15) is 0 Å². The molecule has 0 saturated carbocycles. The zero-order chi connectivity index (χ0) is 15.0. The van der Waals surface area contributed by atoms with E-state index in [4.69, 9.17) is 4.98 Å². The van der Waals surface area contributed by atoms with Crippen LogP contribution < -0.4 is 5.32 Å². The van der Waals surface area contributed by atoms with Gasteiger partial charge in [0.05, 0.1) is 16.9 Å². The minimum Gasteiger partial charge on any atom is -0.375 e. The minimum atomic E-state index is -0.0105. The molecule has 2 aromatic rings. The zero-order valence-electron chi connectivity index (χ0n) is 12.9. The number of hydrogen-bond donors (Lipinski definition) is 1. The number of aromatic nitrogens is 1. The van der Waals surface area contributed by atoms with Crippen LogP contribution in [0.4, 0.5) is 5.69 Å². The molecule has 0 aliphatic carbocycles. The number of aryl methyl sites for hydroxylation is 1. The van der Waals surface area contributed by atoms with Gasteiger partial charge in [-0.15, -0.1) is 0 Å². The van der Waals surface area contributed by atoms with E-state index in [2.05, 4.69) is 75.5 Å².